The molecule has 3 heterocycles. The number of fused-ring (bicyclic) bond motifs is 1. The predicted molar refractivity (Wildman–Crippen MR) is 148 cm³/mol. The molecule has 2 aromatic heterocycles. The van der Waals surface area contributed by atoms with Crippen molar-refractivity contribution >= 4 is 51.8 Å². The summed E-state index contributed by atoms with van der Waals surface area (Å²) >= 11 is 12.8. The molecule has 0 unspecified atom stereocenters. The Labute approximate surface area is 234 Å². The summed E-state index contributed by atoms with van der Waals surface area (Å²) in [6, 6.07) is 10.2. The van der Waals surface area contributed by atoms with Crippen LogP contribution in [0.4, 0.5) is 30.6 Å². The van der Waals surface area contributed by atoms with E-state index >= 15 is 0 Å². The van der Waals surface area contributed by atoms with E-state index in [2.05, 4.69) is 38.9 Å². The molecule has 7 nitrogen and oxygen atoms in total. The molecule has 1 fully saturated rings. The molecule has 4 aromatic rings. The van der Waals surface area contributed by atoms with Crippen molar-refractivity contribution < 1.29 is 18.2 Å². The van der Waals surface area contributed by atoms with E-state index in [4.69, 9.17) is 33.2 Å². The van der Waals surface area contributed by atoms with E-state index in [0.29, 0.717) is 56.8 Å². The molecule has 0 saturated carbocycles. The third kappa shape index (κ3) is 6.40. The van der Waals surface area contributed by atoms with Crippen LogP contribution >= 0.6 is 23.2 Å². The SMILES string of the molecule is CC(C)CN1CCN(c2nc(Nc3ccc(C(F)(F)F)cc3)c3[nH]c(Cc4c(Cl)cccc4Cl)nc3[nH+]2)CC1. The van der Waals surface area contributed by atoms with Gasteiger partial charge in [-0.15, -0.1) is 4.98 Å². The molecule has 1 saturated heterocycles. The average Bonchev–Trinajstić information content (AvgIpc) is 3.29. The molecule has 0 amide bonds. The first-order valence-corrected chi connectivity index (χ1v) is 13.5. The summed E-state index contributed by atoms with van der Waals surface area (Å²) in [7, 11) is 0. The van der Waals surface area contributed by atoms with Crippen molar-refractivity contribution in [3.05, 3.63) is 69.5 Å². The predicted octanol–water partition coefficient (Wildman–Crippen LogP) is 6.21. The molecule has 0 spiro atoms. The number of aromatic nitrogens is 4. The molecule has 2 aromatic carbocycles. The van der Waals surface area contributed by atoms with E-state index in [0.717, 1.165) is 50.4 Å². The van der Waals surface area contributed by atoms with Crippen LogP contribution in [0.1, 0.15) is 30.8 Å². The van der Waals surface area contributed by atoms with Crippen LogP contribution in [0.25, 0.3) is 11.2 Å². The van der Waals surface area contributed by atoms with Crippen molar-refractivity contribution in [2.24, 2.45) is 5.92 Å². The normalized spacial score (nSPS) is 14.9. The molecule has 3 N–H and O–H groups in total. The highest BCUT2D eigenvalue weighted by Gasteiger charge is 2.30. The topological polar surface area (TPSA) is 74.2 Å². The van der Waals surface area contributed by atoms with Gasteiger partial charge in [-0.05, 0) is 47.9 Å². The van der Waals surface area contributed by atoms with Gasteiger partial charge in [-0.2, -0.15) is 13.2 Å². The van der Waals surface area contributed by atoms with Crippen molar-refractivity contribution in [3.63, 3.8) is 0 Å². The highest BCUT2D eigenvalue weighted by Crippen LogP contribution is 2.32. The van der Waals surface area contributed by atoms with Crippen molar-refractivity contribution in [1.82, 2.24) is 19.9 Å². The van der Waals surface area contributed by atoms with E-state index in [1.807, 2.05) is 0 Å². The minimum absolute atomic E-state index is 0.365. The number of hydrogen-bond acceptors (Lipinski definition) is 5. The monoisotopic (exact) mass is 578 g/mol. The highest BCUT2D eigenvalue weighted by molar-refractivity contribution is 6.36. The molecule has 0 aliphatic carbocycles. The number of H-pyrrole nitrogens is 2. The number of halogens is 5. The number of hydrogen-bond donors (Lipinski definition) is 2. The first kappa shape index (κ1) is 27.5. The fraction of sp³-hybridized carbons (Fsp3) is 0.370. The fourth-order valence-electron chi connectivity index (χ4n) is 4.71. The Balaban J connectivity index is 1.48. The minimum atomic E-state index is -4.41. The maximum absolute atomic E-state index is 13.1. The lowest BCUT2D eigenvalue weighted by molar-refractivity contribution is -0.337. The van der Waals surface area contributed by atoms with E-state index in [1.54, 1.807) is 18.2 Å². The van der Waals surface area contributed by atoms with Crippen LogP contribution in [0.15, 0.2) is 42.5 Å². The summed E-state index contributed by atoms with van der Waals surface area (Å²) < 4.78 is 39.2. The van der Waals surface area contributed by atoms with Gasteiger partial charge in [0.1, 0.15) is 0 Å². The van der Waals surface area contributed by atoms with Gasteiger partial charge in [-0.3, -0.25) is 9.80 Å². The number of nitrogens with zero attached hydrogens (tertiary/aromatic N) is 4. The first-order chi connectivity index (χ1) is 18.6. The number of anilines is 3. The standard InChI is InChI=1S/C27H28Cl2F3N7/c1-16(2)15-38-10-12-39(13-11-38)26-36-24(33-18-8-6-17(7-9-18)27(30,31)32)23-25(37-26)35-22(34-23)14-19-20(28)4-3-5-21(19)29/h3-9,16H,10-15H2,1-2H3,(H2,33,34,35,36,37)/p+1. The quantitative estimate of drug-likeness (QED) is 0.273. The Morgan fingerprint density at radius 3 is 2.28 bits per heavy atom. The molecule has 39 heavy (non-hydrogen) atoms. The molecule has 1 aliphatic rings. The van der Waals surface area contributed by atoms with Crippen LogP contribution in [0.3, 0.4) is 0 Å². The van der Waals surface area contributed by atoms with Gasteiger partial charge in [-0.1, -0.05) is 48.1 Å². The van der Waals surface area contributed by atoms with Crippen LogP contribution in [0.5, 0.6) is 0 Å². The van der Waals surface area contributed by atoms with Crippen LogP contribution in [-0.4, -0.2) is 52.6 Å². The summed E-state index contributed by atoms with van der Waals surface area (Å²) in [5, 5.41) is 4.25. The fourth-order valence-corrected chi connectivity index (χ4v) is 5.24. The lowest BCUT2D eigenvalue weighted by Crippen LogP contribution is -2.49. The number of aromatic amines is 2. The molecule has 206 valence electrons. The Kier molecular flexibility index (Phi) is 7.89. The maximum Gasteiger partial charge on any atom is 0.416 e. The zero-order valence-corrected chi connectivity index (χ0v) is 23.1. The second-order valence-electron chi connectivity index (χ2n) is 10.1. The van der Waals surface area contributed by atoms with Gasteiger partial charge in [0, 0.05) is 41.8 Å². The number of rotatable bonds is 7. The van der Waals surface area contributed by atoms with Gasteiger partial charge in [0.15, 0.2) is 11.3 Å². The minimum Gasteiger partial charge on any atom is -0.328 e. The number of benzene rings is 2. The van der Waals surface area contributed by atoms with Crippen molar-refractivity contribution in [3.8, 4) is 0 Å². The zero-order chi connectivity index (χ0) is 27.7. The average molecular weight is 579 g/mol. The molecular formula is C27H29Cl2F3N7+. The van der Waals surface area contributed by atoms with E-state index < -0.39 is 11.7 Å². The van der Waals surface area contributed by atoms with Crippen molar-refractivity contribution in [2.75, 3.05) is 42.9 Å². The first-order valence-electron chi connectivity index (χ1n) is 12.7. The second-order valence-corrected chi connectivity index (χ2v) is 10.9. The second kappa shape index (κ2) is 11.2. The summed E-state index contributed by atoms with van der Waals surface area (Å²) in [4.78, 5) is 20.8. The summed E-state index contributed by atoms with van der Waals surface area (Å²) in [5.74, 6) is 2.29. The van der Waals surface area contributed by atoms with E-state index in [-0.39, 0.29) is 0 Å². The van der Waals surface area contributed by atoms with E-state index in [9.17, 15) is 13.2 Å². The lowest BCUT2D eigenvalue weighted by Gasteiger charge is -2.32. The summed E-state index contributed by atoms with van der Waals surface area (Å²) in [6.07, 6.45) is -4.04. The van der Waals surface area contributed by atoms with Crippen molar-refractivity contribution in [2.45, 2.75) is 26.4 Å². The number of piperazine rings is 1. The molecule has 5 rings (SSSR count). The van der Waals surface area contributed by atoms with Gasteiger partial charge in [0.05, 0.1) is 18.7 Å². The third-order valence-electron chi connectivity index (χ3n) is 6.61. The van der Waals surface area contributed by atoms with Crippen LogP contribution in [-0.2, 0) is 12.6 Å². The van der Waals surface area contributed by atoms with E-state index in [1.165, 1.54) is 12.1 Å². The lowest BCUT2D eigenvalue weighted by atomic mass is 10.1. The third-order valence-corrected chi connectivity index (χ3v) is 7.32. The molecule has 0 radical (unpaired) electrons. The maximum atomic E-state index is 13.1. The van der Waals surface area contributed by atoms with Gasteiger partial charge >= 0.3 is 12.1 Å². The van der Waals surface area contributed by atoms with Gasteiger partial charge in [0.25, 0.3) is 5.65 Å². The Bertz CT molecular complexity index is 1430. The molecule has 0 bridgehead atoms. The largest absolute Gasteiger partial charge is 0.416 e. The Hall–Kier alpha value is -3.08. The number of imidazole rings is 1. The molecular weight excluding hydrogens is 550 g/mol. The Morgan fingerprint density at radius 1 is 1.00 bits per heavy atom. The molecule has 1 aliphatic heterocycles. The Morgan fingerprint density at radius 2 is 1.67 bits per heavy atom. The van der Waals surface area contributed by atoms with Crippen LogP contribution in [0.2, 0.25) is 10.0 Å². The van der Waals surface area contributed by atoms with Gasteiger partial charge in [0.2, 0.25) is 5.82 Å². The van der Waals surface area contributed by atoms with Gasteiger partial charge in [-0.25, -0.2) is 4.98 Å². The summed E-state index contributed by atoms with van der Waals surface area (Å²) in [5.41, 5.74) is 1.66. The number of alkyl halides is 3. The van der Waals surface area contributed by atoms with Gasteiger partial charge < -0.3 is 10.3 Å². The molecule has 12 heteroatoms. The van der Waals surface area contributed by atoms with Crippen molar-refractivity contribution in [1.29, 1.82) is 0 Å². The highest BCUT2D eigenvalue weighted by atomic mass is 35.5. The van der Waals surface area contributed by atoms with Crippen LogP contribution < -0.4 is 15.2 Å². The summed E-state index contributed by atoms with van der Waals surface area (Å²) in [6.45, 7) is 8.84. The van der Waals surface area contributed by atoms with Crippen LogP contribution in [0, 0.1) is 5.92 Å². The number of nitrogens with one attached hydrogen (secondary N) is 3. The smallest absolute Gasteiger partial charge is 0.328 e. The molecule has 0 atom stereocenters. The zero-order valence-electron chi connectivity index (χ0n) is 21.5.